The summed E-state index contributed by atoms with van der Waals surface area (Å²) in [6.07, 6.45) is 1.91. The molecule has 3 rings (SSSR count). The van der Waals surface area contributed by atoms with Crippen molar-refractivity contribution in [1.82, 2.24) is 4.90 Å². The van der Waals surface area contributed by atoms with Crippen LogP contribution in [-0.4, -0.2) is 28.9 Å². The van der Waals surface area contributed by atoms with E-state index in [1.807, 2.05) is 22.4 Å². The number of amides is 1. The predicted octanol–water partition coefficient (Wildman–Crippen LogP) is 4.05. The van der Waals surface area contributed by atoms with Crippen LogP contribution in [0.4, 0.5) is 5.69 Å². The molecule has 0 N–H and O–H groups in total. The molecule has 1 saturated heterocycles. The Hall–Kier alpha value is -2.12. The van der Waals surface area contributed by atoms with Crippen molar-refractivity contribution < 1.29 is 14.5 Å². The van der Waals surface area contributed by atoms with Gasteiger partial charge in [-0.25, -0.2) is 0 Å². The average molecular weight is 367 g/mol. The SMILES string of the molecule is O=C(COc1ccc([N+](=O)[O-])cc1Cl)N1CCCC1c1cccs1. The molecule has 0 bridgehead atoms. The summed E-state index contributed by atoms with van der Waals surface area (Å²) in [5, 5.41) is 12.8. The number of nitro benzene ring substituents is 1. The molecule has 0 saturated carbocycles. The highest BCUT2D eigenvalue weighted by Gasteiger charge is 2.30. The molecule has 126 valence electrons. The molecule has 0 radical (unpaired) electrons. The van der Waals surface area contributed by atoms with Gasteiger partial charge in [-0.15, -0.1) is 11.3 Å². The number of nitro groups is 1. The second kappa shape index (κ2) is 7.19. The predicted molar refractivity (Wildman–Crippen MR) is 91.6 cm³/mol. The third-order valence-corrected chi connectivity index (χ3v) is 5.19. The lowest BCUT2D eigenvalue weighted by Crippen LogP contribution is -2.34. The smallest absolute Gasteiger partial charge is 0.271 e. The summed E-state index contributed by atoms with van der Waals surface area (Å²) in [5.41, 5.74) is -0.115. The lowest BCUT2D eigenvalue weighted by molar-refractivity contribution is -0.384. The first-order chi connectivity index (χ1) is 11.6. The number of non-ortho nitro benzene ring substituents is 1. The molecule has 1 aromatic carbocycles. The van der Waals surface area contributed by atoms with E-state index in [9.17, 15) is 14.9 Å². The summed E-state index contributed by atoms with van der Waals surface area (Å²) in [5.74, 6) is 0.155. The summed E-state index contributed by atoms with van der Waals surface area (Å²) in [7, 11) is 0. The molecule has 8 heteroatoms. The third-order valence-electron chi connectivity index (χ3n) is 3.92. The van der Waals surface area contributed by atoms with Crippen LogP contribution < -0.4 is 4.74 Å². The van der Waals surface area contributed by atoms with E-state index in [0.29, 0.717) is 6.54 Å². The van der Waals surface area contributed by atoms with Gasteiger partial charge in [-0.2, -0.15) is 0 Å². The number of thiophene rings is 1. The fourth-order valence-corrected chi connectivity index (χ4v) is 3.89. The van der Waals surface area contributed by atoms with Gasteiger partial charge in [0.15, 0.2) is 6.61 Å². The van der Waals surface area contributed by atoms with Crippen LogP contribution in [0.15, 0.2) is 35.7 Å². The van der Waals surface area contributed by atoms with Crippen molar-refractivity contribution in [2.24, 2.45) is 0 Å². The molecule has 1 atom stereocenters. The Bertz CT molecular complexity index is 751. The number of hydrogen-bond donors (Lipinski definition) is 0. The Kier molecular flexibility index (Phi) is 5.01. The van der Waals surface area contributed by atoms with E-state index in [1.54, 1.807) is 11.3 Å². The number of halogens is 1. The Morgan fingerprint density at radius 2 is 2.29 bits per heavy atom. The van der Waals surface area contributed by atoms with Crippen LogP contribution in [0.1, 0.15) is 23.8 Å². The van der Waals surface area contributed by atoms with Crippen LogP contribution in [0, 0.1) is 10.1 Å². The molecule has 0 spiro atoms. The minimum absolute atomic E-state index is 0.105. The highest BCUT2D eigenvalue weighted by molar-refractivity contribution is 7.10. The van der Waals surface area contributed by atoms with Gasteiger partial charge in [0.2, 0.25) is 0 Å². The lowest BCUT2D eigenvalue weighted by Gasteiger charge is -2.24. The quantitative estimate of drug-likeness (QED) is 0.591. The highest BCUT2D eigenvalue weighted by Crippen LogP contribution is 2.35. The summed E-state index contributed by atoms with van der Waals surface area (Å²) in [6.45, 7) is 0.568. The standard InChI is InChI=1S/C16H15ClN2O4S/c17-12-9-11(19(21)22)5-6-14(12)23-10-16(20)18-7-1-3-13(18)15-4-2-8-24-15/h2,4-6,8-9,13H,1,3,7,10H2. The molecule has 1 unspecified atom stereocenters. The van der Waals surface area contributed by atoms with E-state index in [2.05, 4.69) is 0 Å². The topological polar surface area (TPSA) is 72.7 Å². The van der Waals surface area contributed by atoms with E-state index in [4.69, 9.17) is 16.3 Å². The number of ether oxygens (including phenoxy) is 1. The lowest BCUT2D eigenvalue weighted by atomic mass is 10.2. The number of carbonyl (C=O) groups excluding carboxylic acids is 1. The van der Waals surface area contributed by atoms with Crippen molar-refractivity contribution in [3.05, 3.63) is 55.7 Å². The van der Waals surface area contributed by atoms with Crippen LogP contribution in [-0.2, 0) is 4.79 Å². The van der Waals surface area contributed by atoms with Gasteiger partial charge in [0.1, 0.15) is 5.75 Å². The van der Waals surface area contributed by atoms with Crippen LogP contribution in [0.5, 0.6) is 5.75 Å². The first-order valence-electron chi connectivity index (χ1n) is 7.46. The zero-order valence-electron chi connectivity index (χ0n) is 12.7. The number of hydrogen-bond acceptors (Lipinski definition) is 5. The normalized spacial score (nSPS) is 17.0. The van der Waals surface area contributed by atoms with Gasteiger partial charge in [0.05, 0.1) is 16.0 Å². The van der Waals surface area contributed by atoms with E-state index >= 15 is 0 Å². The Balaban J connectivity index is 1.64. The van der Waals surface area contributed by atoms with Crippen molar-refractivity contribution in [2.75, 3.05) is 13.2 Å². The maximum absolute atomic E-state index is 12.5. The molecule has 1 fully saturated rings. The Morgan fingerprint density at radius 3 is 2.96 bits per heavy atom. The Morgan fingerprint density at radius 1 is 1.46 bits per heavy atom. The van der Waals surface area contributed by atoms with E-state index < -0.39 is 4.92 Å². The highest BCUT2D eigenvalue weighted by atomic mass is 35.5. The molecule has 2 heterocycles. The largest absolute Gasteiger partial charge is 0.482 e. The molecule has 1 amide bonds. The fraction of sp³-hybridized carbons (Fsp3) is 0.312. The number of likely N-dealkylation sites (tertiary alicyclic amines) is 1. The van der Waals surface area contributed by atoms with E-state index in [1.165, 1.54) is 23.1 Å². The average Bonchev–Trinajstić information content (AvgIpc) is 3.23. The van der Waals surface area contributed by atoms with Crippen LogP contribution in [0.25, 0.3) is 0 Å². The fourth-order valence-electron chi connectivity index (χ4n) is 2.78. The minimum Gasteiger partial charge on any atom is -0.482 e. The van der Waals surface area contributed by atoms with Crippen molar-refractivity contribution in [1.29, 1.82) is 0 Å². The van der Waals surface area contributed by atoms with Gasteiger partial charge in [-0.05, 0) is 30.4 Å². The second-order valence-corrected chi connectivity index (χ2v) is 6.81. The van der Waals surface area contributed by atoms with Crippen molar-refractivity contribution in [3.8, 4) is 5.75 Å². The van der Waals surface area contributed by atoms with Gasteiger partial charge < -0.3 is 9.64 Å². The maximum Gasteiger partial charge on any atom is 0.271 e. The molecule has 1 aliphatic rings. The van der Waals surface area contributed by atoms with Gasteiger partial charge in [0, 0.05) is 23.6 Å². The molecule has 2 aromatic rings. The molecule has 6 nitrogen and oxygen atoms in total. The number of nitrogens with zero attached hydrogens (tertiary/aromatic N) is 2. The molecule has 1 aliphatic heterocycles. The summed E-state index contributed by atoms with van der Waals surface area (Å²) < 4.78 is 5.47. The van der Waals surface area contributed by atoms with Gasteiger partial charge in [0.25, 0.3) is 11.6 Å². The van der Waals surface area contributed by atoms with Crippen LogP contribution in [0.2, 0.25) is 5.02 Å². The van der Waals surface area contributed by atoms with Crippen LogP contribution >= 0.6 is 22.9 Å². The second-order valence-electron chi connectivity index (χ2n) is 5.42. The zero-order valence-corrected chi connectivity index (χ0v) is 14.3. The number of rotatable bonds is 5. The number of carbonyl (C=O) groups is 1. The third kappa shape index (κ3) is 3.52. The maximum atomic E-state index is 12.5. The summed E-state index contributed by atoms with van der Waals surface area (Å²) in [4.78, 5) is 25.6. The van der Waals surface area contributed by atoms with E-state index in [-0.39, 0.29) is 35.0 Å². The van der Waals surface area contributed by atoms with Gasteiger partial charge in [-0.1, -0.05) is 17.7 Å². The molecular weight excluding hydrogens is 352 g/mol. The first-order valence-corrected chi connectivity index (χ1v) is 8.71. The van der Waals surface area contributed by atoms with Crippen molar-refractivity contribution in [2.45, 2.75) is 18.9 Å². The van der Waals surface area contributed by atoms with Gasteiger partial charge >= 0.3 is 0 Å². The Labute approximate surface area is 147 Å². The molecule has 0 aliphatic carbocycles. The zero-order chi connectivity index (χ0) is 17.1. The molecule has 24 heavy (non-hydrogen) atoms. The monoisotopic (exact) mass is 366 g/mol. The number of benzene rings is 1. The minimum atomic E-state index is -0.531. The molecular formula is C16H15ClN2O4S. The molecule has 1 aromatic heterocycles. The van der Waals surface area contributed by atoms with Gasteiger partial charge in [-0.3, -0.25) is 14.9 Å². The van der Waals surface area contributed by atoms with Crippen molar-refractivity contribution >= 4 is 34.5 Å². The van der Waals surface area contributed by atoms with E-state index in [0.717, 1.165) is 12.8 Å². The summed E-state index contributed by atoms with van der Waals surface area (Å²) in [6, 6.07) is 8.05. The van der Waals surface area contributed by atoms with Crippen LogP contribution in [0.3, 0.4) is 0 Å². The summed E-state index contributed by atoms with van der Waals surface area (Å²) >= 11 is 7.62. The van der Waals surface area contributed by atoms with Crippen molar-refractivity contribution in [3.63, 3.8) is 0 Å². The first kappa shape index (κ1) is 16.7.